The van der Waals surface area contributed by atoms with Crippen molar-refractivity contribution in [3.8, 4) is 0 Å². The van der Waals surface area contributed by atoms with Crippen LogP contribution in [0.2, 0.25) is 0 Å². The van der Waals surface area contributed by atoms with Crippen molar-refractivity contribution in [3.63, 3.8) is 0 Å². The second-order valence-corrected chi connectivity index (χ2v) is 5.39. The number of nitrogens with one attached hydrogen (secondary N) is 1. The van der Waals surface area contributed by atoms with E-state index >= 15 is 0 Å². The van der Waals surface area contributed by atoms with E-state index in [1.54, 1.807) is 0 Å². The third-order valence-electron chi connectivity index (χ3n) is 3.35. The van der Waals surface area contributed by atoms with Crippen molar-refractivity contribution in [2.24, 2.45) is 0 Å². The number of fused-ring (bicyclic) bond motifs is 1. The average molecular weight is 330 g/mol. The first-order chi connectivity index (χ1) is 10.5. The van der Waals surface area contributed by atoms with Crippen molar-refractivity contribution in [1.29, 1.82) is 0 Å². The van der Waals surface area contributed by atoms with Gasteiger partial charge in [-0.1, -0.05) is 0 Å². The first-order valence-corrected chi connectivity index (χ1v) is 7.44. The first kappa shape index (κ1) is 15.0. The molecule has 5 N–H and O–H groups in total. The quantitative estimate of drug-likeness (QED) is 0.515. The lowest BCUT2D eigenvalue weighted by molar-refractivity contribution is -0.0394. The molecule has 0 radical (unpaired) electrons. The summed E-state index contributed by atoms with van der Waals surface area (Å²) in [5.41, 5.74) is 5.34. The zero-order valence-electron chi connectivity index (χ0n) is 11.1. The molecule has 0 spiro atoms. The smallest absolute Gasteiger partial charge is 0.394 e. The van der Waals surface area contributed by atoms with Crippen molar-refractivity contribution >= 4 is 25.4 Å². The summed E-state index contributed by atoms with van der Waals surface area (Å²) in [7, 11) is -2.82. The second kappa shape index (κ2) is 5.71. The molecule has 2 aromatic heterocycles. The Kier molecular flexibility index (Phi) is 3.89. The molecule has 1 fully saturated rings. The molecule has 2 aromatic rings. The molecule has 2 unspecified atom stereocenters. The van der Waals surface area contributed by atoms with E-state index in [0.29, 0.717) is 0 Å². The molecule has 1 aliphatic heterocycles. The summed E-state index contributed by atoms with van der Waals surface area (Å²) in [5, 5.41) is 9.27. The van der Waals surface area contributed by atoms with Crippen LogP contribution >= 0.6 is 8.25 Å². The molecule has 4 atom stereocenters. The number of rotatable bonds is 4. The molecule has 3 heterocycles. The zero-order chi connectivity index (χ0) is 15.9. The van der Waals surface area contributed by atoms with Gasteiger partial charge in [-0.05, 0) is 0 Å². The number of nitrogens with zero attached hydrogens (tertiary/aromatic N) is 3. The van der Waals surface area contributed by atoms with Crippen molar-refractivity contribution in [2.75, 3.05) is 12.3 Å². The number of nitrogen functional groups attached to an aromatic ring is 1. The van der Waals surface area contributed by atoms with Crippen LogP contribution in [0.3, 0.4) is 0 Å². The number of H-pyrrole nitrogens is 1. The summed E-state index contributed by atoms with van der Waals surface area (Å²) in [6.07, 6.45) is -0.649. The third kappa shape index (κ3) is 2.60. The van der Waals surface area contributed by atoms with E-state index in [9.17, 15) is 14.5 Å². The van der Waals surface area contributed by atoms with E-state index in [1.165, 1.54) is 10.9 Å². The van der Waals surface area contributed by atoms with E-state index in [-0.39, 0.29) is 30.1 Å². The van der Waals surface area contributed by atoms with Gasteiger partial charge in [0.1, 0.15) is 18.4 Å². The van der Waals surface area contributed by atoms with Gasteiger partial charge in [0, 0.05) is 11.0 Å². The van der Waals surface area contributed by atoms with Crippen molar-refractivity contribution in [2.45, 2.75) is 24.9 Å². The van der Waals surface area contributed by atoms with Crippen LogP contribution in [0.5, 0.6) is 0 Å². The lowest BCUT2D eigenvalue weighted by Gasteiger charge is -2.13. The Hall–Kier alpha value is -1.91. The van der Waals surface area contributed by atoms with Crippen LogP contribution in [-0.2, 0) is 13.8 Å². The Balaban J connectivity index is 1.95. The van der Waals surface area contributed by atoms with Crippen molar-refractivity contribution in [1.82, 2.24) is 19.5 Å². The normalized spacial score (nSPS) is 25.7. The molecular formula is C10H13N5O6P+. The monoisotopic (exact) mass is 330 g/mol. The third-order valence-corrected chi connectivity index (χ3v) is 3.80. The largest absolute Gasteiger partial charge is 0.695 e. The van der Waals surface area contributed by atoms with Crippen molar-refractivity contribution < 1.29 is 23.8 Å². The van der Waals surface area contributed by atoms with Crippen LogP contribution in [0.1, 0.15) is 12.6 Å². The highest BCUT2D eigenvalue weighted by Crippen LogP contribution is 2.36. The molecule has 1 saturated heterocycles. The fourth-order valence-electron chi connectivity index (χ4n) is 2.42. The Morgan fingerprint density at radius 2 is 2.41 bits per heavy atom. The Morgan fingerprint density at radius 3 is 3.09 bits per heavy atom. The maximum absolute atomic E-state index is 11.7. The number of hydrogen-bond acceptors (Lipinski definition) is 8. The molecular weight excluding hydrogens is 317 g/mol. The highest BCUT2D eigenvalue weighted by Gasteiger charge is 2.42. The van der Waals surface area contributed by atoms with Gasteiger partial charge in [-0.3, -0.25) is 14.3 Å². The number of imidazole rings is 1. The number of anilines is 1. The molecule has 118 valence electrons. The summed E-state index contributed by atoms with van der Waals surface area (Å²) in [5.74, 6) is -0.0674. The Morgan fingerprint density at radius 1 is 1.64 bits per heavy atom. The van der Waals surface area contributed by atoms with E-state index in [2.05, 4.69) is 15.0 Å². The number of aromatic amines is 1. The maximum atomic E-state index is 11.7. The average Bonchev–Trinajstić information content (AvgIpc) is 3.01. The van der Waals surface area contributed by atoms with Gasteiger partial charge in [-0.15, -0.1) is 9.42 Å². The molecule has 0 amide bonds. The predicted molar refractivity (Wildman–Crippen MR) is 72.9 cm³/mol. The highest BCUT2D eigenvalue weighted by atomic mass is 31.1. The number of nitrogens with two attached hydrogens (primary N) is 1. The summed E-state index contributed by atoms with van der Waals surface area (Å²) in [6, 6.07) is 0. The summed E-state index contributed by atoms with van der Waals surface area (Å²) < 4.78 is 22.7. The van der Waals surface area contributed by atoms with E-state index in [1.807, 2.05) is 0 Å². The van der Waals surface area contributed by atoms with Gasteiger partial charge in [0.2, 0.25) is 5.95 Å². The molecule has 0 saturated carbocycles. The molecule has 22 heavy (non-hydrogen) atoms. The highest BCUT2D eigenvalue weighted by molar-refractivity contribution is 7.32. The van der Waals surface area contributed by atoms with Crippen LogP contribution in [0, 0.1) is 0 Å². The maximum Gasteiger partial charge on any atom is 0.695 e. The van der Waals surface area contributed by atoms with Crippen LogP contribution in [0.4, 0.5) is 5.95 Å². The molecule has 3 rings (SSSR count). The predicted octanol–water partition coefficient (Wildman–Crippen LogP) is -0.984. The standard InChI is InChI=1S/C10H12N5O6P/c11-10-13-8-7(9(17)14-10)12-3-15(8)6-1-4(21-22(18)19)5(2-16)20-6/h3-6,16H,1-2H2,(H3-,11,13,14,17,18,19)/p+1/t4?,5-,6-/m1/s1. The number of aliphatic hydroxyl groups is 1. The SMILES string of the molecule is Nc1nc2c(ncn2[C@H]2CC(O[P+](=O)O)[C@@H](CO)O2)c(=O)[nH]1. The lowest BCUT2D eigenvalue weighted by Crippen LogP contribution is -2.25. The number of aliphatic hydroxyl groups excluding tert-OH is 1. The summed E-state index contributed by atoms with van der Waals surface area (Å²) in [6.45, 7) is -0.382. The minimum Gasteiger partial charge on any atom is -0.394 e. The van der Waals surface area contributed by atoms with Gasteiger partial charge < -0.3 is 15.6 Å². The van der Waals surface area contributed by atoms with Crippen LogP contribution in [-0.4, -0.2) is 48.3 Å². The Bertz CT molecular complexity index is 775. The van der Waals surface area contributed by atoms with Gasteiger partial charge >= 0.3 is 8.25 Å². The van der Waals surface area contributed by atoms with Gasteiger partial charge in [-0.25, -0.2) is 4.98 Å². The van der Waals surface area contributed by atoms with E-state index < -0.39 is 32.2 Å². The number of ether oxygens (including phenoxy) is 1. The lowest BCUT2D eigenvalue weighted by atomic mass is 10.2. The molecule has 12 heteroatoms. The number of hydrogen-bond donors (Lipinski definition) is 4. The Labute approximate surface area is 123 Å². The number of aromatic nitrogens is 4. The molecule has 11 nitrogen and oxygen atoms in total. The summed E-state index contributed by atoms with van der Waals surface area (Å²) >= 11 is 0. The van der Waals surface area contributed by atoms with Gasteiger partial charge in [0.05, 0.1) is 12.9 Å². The molecule has 1 aliphatic rings. The van der Waals surface area contributed by atoms with E-state index in [4.69, 9.17) is 19.9 Å². The first-order valence-electron chi connectivity index (χ1n) is 6.31. The van der Waals surface area contributed by atoms with Gasteiger partial charge in [0.15, 0.2) is 11.2 Å². The van der Waals surface area contributed by atoms with Crippen LogP contribution in [0.15, 0.2) is 11.1 Å². The van der Waals surface area contributed by atoms with Gasteiger partial charge in [0.25, 0.3) is 5.56 Å². The van der Waals surface area contributed by atoms with Crippen molar-refractivity contribution in [3.05, 3.63) is 16.7 Å². The molecule has 0 aromatic carbocycles. The topological polar surface area (TPSA) is 166 Å². The van der Waals surface area contributed by atoms with E-state index in [0.717, 1.165) is 0 Å². The van der Waals surface area contributed by atoms with Gasteiger partial charge in [-0.2, -0.15) is 4.98 Å². The zero-order valence-corrected chi connectivity index (χ0v) is 12.0. The van der Waals surface area contributed by atoms with Crippen LogP contribution in [0.25, 0.3) is 11.2 Å². The van der Waals surface area contributed by atoms with Crippen LogP contribution < -0.4 is 11.3 Å². The minimum absolute atomic E-state index is 0.0674. The second-order valence-electron chi connectivity index (χ2n) is 4.70. The summed E-state index contributed by atoms with van der Waals surface area (Å²) in [4.78, 5) is 30.9. The fourth-order valence-corrected chi connectivity index (χ4v) is 2.87. The molecule has 0 aliphatic carbocycles. The molecule has 0 bridgehead atoms. The fraction of sp³-hybridized carbons (Fsp3) is 0.500. The minimum atomic E-state index is -2.82.